The molecule has 1 aromatic heterocycles. The normalized spacial score (nSPS) is 11.2. The van der Waals surface area contributed by atoms with Crippen molar-refractivity contribution in [3.63, 3.8) is 0 Å². The molecule has 1 heterocycles. The summed E-state index contributed by atoms with van der Waals surface area (Å²) in [5, 5.41) is 0.321. The number of rotatable bonds is 3. The van der Waals surface area contributed by atoms with Crippen molar-refractivity contribution in [2.45, 2.75) is 20.4 Å². The lowest BCUT2D eigenvalue weighted by Gasteiger charge is -2.15. The molecule has 6 heteroatoms. The van der Waals surface area contributed by atoms with E-state index in [2.05, 4.69) is 0 Å². The third-order valence-corrected chi connectivity index (χ3v) is 5.14. The largest absolute Gasteiger partial charge is 0.336 e. The molecule has 0 atom stereocenters. The highest BCUT2D eigenvalue weighted by molar-refractivity contribution is 5.78. The highest BCUT2D eigenvalue weighted by atomic mass is 19.1. The van der Waals surface area contributed by atoms with Gasteiger partial charge in [0.15, 0.2) is 0 Å². The molecule has 0 aliphatic carbocycles. The molecule has 0 bridgehead atoms. The minimum absolute atomic E-state index is 0.0301. The van der Waals surface area contributed by atoms with Gasteiger partial charge in [-0.05, 0) is 67.4 Å². The zero-order valence-electron chi connectivity index (χ0n) is 15.9. The van der Waals surface area contributed by atoms with Crippen molar-refractivity contribution in [3.05, 3.63) is 110 Å². The van der Waals surface area contributed by atoms with E-state index in [1.165, 1.54) is 4.57 Å². The van der Waals surface area contributed by atoms with Crippen LogP contribution in [0.5, 0.6) is 0 Å². The molecular weight excluding hydrogens is 374 g/mol. The van der Waals surface area contributed by atoms with Gasteiger partial charge in [-0.15, -0.1) is 0 Å². The van der Waals surface area contributed by atoms with Crippen LogP contribution in [0.2, 0.25) is 0 Å². The van der Waals surface area contributed by atoms with E-state index in [1.807, 2.05) is 19.9 Å². The molecule has 4 rings (SSSR count). The summed E-state index contributed by atoms with van der Waals surface area (Å²) >= 11 is 0. The van der Waals surface area contributed by atoms with Crippen LogP contribution in [0.25, 0.3) is 16.6 Å². The van der Waals surface area contributed by atoms with Crippen molar-refractivity contribution in [2.24, 2.45) is 0 Å². The summed E-state index contributed by atoms with van der Waals surface area (Å²) in [5.41, 5.74) is 1.73. The van der Waals surface area contributed by atoms with Gasteiger partial charge in [0.2, 0.25) is 0 Å². The summed E-state index contributed by atoms with van der Waals surface area (Å²) in [4.78, 5) is 26.4. The second kappa shape index (κ2) is 7.13. The number of halogens is 2. The maximum Gasteiger partial charge on any atom is 0.336 e. The van der Waals surface area contributed by atoms with E-state index in [0.717, 1.165) is 33.9 Å². The van der Waals surface area contributed by atoms with Crippen molar-refractivity contribution in [1.82, 2.24) is 9.13 Å². The van der Waals surface area contributed by atoms with Crippen LogP contribution in [0, 0.1) is 25.5 Å². The standard InChI is InChI=1S/C23H18F2N2O2/c1-14-7-9-18(11-15(14)2)27-22(28)19-5-3-4-6-21(19)26(23(27)29)13-16-12-17(24)8-10-20(16)25/h3-12H,13H2,1-2H3. The van der Waals surface area contributed by atoms with E-state index in [9.17, 15) is 18.4 Å². The zero-order valence-corrected chi connectivity index (χ0v) is 15.9. The second-order valence-electron chi connectivity index (χ2n) is 7.03. The summed E-state index contributed by atoms with van der Waals surface area (Å²) in [5.74, 6) is -1.22. The lowest BCUT2D eigenvalue weighted by Crippen LogP contribution is -2.39. The van der Waals surface area contributed by atoms with Gasteiger partial charge in [-0.25, -0.2) is 18.1 Å². The molecule has 0 aliphatic heterocycles. The number of hydrogen-bond acceptors (Lipinski definition) is 2. The van der Waals surface area contributed by atoms with Gasteiger partial charge >= 0.3 is 5.69 Å². The second-order valence-corrected chi connectivity index (χ2v) is 7.03. The van der Waals surface area contributed by atoms with Gasteiger partial charge in [-0.2, -0.15) is 0 Å². The molecule has 3 aromatic carbocycles. The molecular formula is C23H18F2N2O2. The molecule has 29 heavy (non-hydrogen) atoms. The first-order valence-electron chi connectivity index (χ1n) is 9.13. The lowest BCUT2D eigenvalue weighted by molar-refractivity contribution is 0.573. The van der Waals surface area contributed by atoms with E-state index in [0.29, 0.717) is 16.6 Å². The molecule has 0 saturated heterocycles. The van der Waals surface area contributed by atoms with Gasteiger partial charge in [0.1, 0.15) is 11.6 Å². The number of benzene rings is 3. The highest BCUT2D eigenvalue weighted by Crippen LogP contribution is 2.16. The van der Waals surface area contributed by atoms with Crippen LogP contribution >= 0.6 is 0 Å². The van der Waals surface area contributed by atoms with E-state index in [4.69, 9.17) is 0 Å². The molecule has 146 valence electrons. The van der Waals surface area contributed by atoms with Gasteiger partial charge in [0.05, 0.1) is 23.1 Å². The molecule has 0 saturated carbocycles. The van der Waals surface area contributed by atoms with Crippen LogP contribution in [-0.2, 0) is 6.54 Å². The topological polar surface area (TPSA) is 44.0 Å². The fraction of sp³-hybridized carbons (Fsp3) is 0.130. The monoisotopic (exact) mass is 392 g/mol. The molecule has 0 spiro atoms. The fourth-order valence-electron chi connectivity index (χ4n) is 3.40. The van der Waals surface area contributed by atoms with Gasteiger partial charge in [-0.1, -0.05) is 18.2 Å². The van der Waals surface area contributed by atoms with Crippen molar-refractivity contribution in [1.29, 1.82) is 0 Å². The zero-order chi connectivity index (χ0) is 20.7. The Morgan fingerprint density at radius 3 is 2.38 bits per heavy atom. The number of fused-ring (bicyclic) bond motifs is 1. The number of hydrogen-bond donors (Lipinski definition) is 0. The van der Waals surface area contributed by atoms with Gasteiger partial charge in [0.25, 0.3) is 5.56 Å². The minimum Gasteiger partial charge on any atom is -0.288 e. The molecule has 0 fully saturated rings. The Labute approximate surface area is 165 Å². The summed E-state index contributed by atoms with van der Waals surface area (Å²) in [6, 6.07) is 15.0. The van der Waals surface area contributed by atoms with E-state index in [-0.39, 0.29) is 12.1 Å². The quantitative estimate of drug-likeness (QED) is 0.527. The van der Waals surface area contributed by atoms with Crippen LogP contribution in [0.1, 0.15) is 16.7 Å². The van der Waals surface area contributed by atoms with Crippen molar-refractivity contribution >= 4 is 10.9 Å². The maximum atomic E-state index is 14.2. The van der Waals surface area contributed by atoms with Crippen LogP contribution in [-0.4, -0.2) is 9.13 Å². The number of aromatic nitrogens is 2. The Bertz CT molecular complexity index is 1370. The summed E-state index contributed by atoms with van der Waals surface area (Å²) in [6.07, 6.45) is 0. The Kier molecular flexibility index (Phi) is 4.62. The van der Waals surface area contributed by atoms with Crippen molar-refractivity contribution < 1.29 is 8.78 Å². The predicted molar refractivity (Wildman–Crippen MR) is 109 cm³/mol. The first-order chi connectivity index (χ1) is 13.9. The maximum absolute atomic E-state index is 14.2. The molecule has 0 radical (unpaired) electrons. The van der Waals surface area contributed by atoms with E-state index >= 15 is 0 Å². The summed E-state index contributed by atoms with van der Waals surface area (Å²) < 4.78 is 30.3. The van der Waals surface area contributed by atoms with Crippen molar-refractivity contribution in [3.8, 4) is 5.69 Å². The lowest BCUT2D eigenvalue weighted by atomic mass is 10.1. The van der Waals surface area contributed by atoms with Crippen LogP contribution in [0.3, 0.4) is 0 Å². The molecule has 4 aromatic rings. The smallest absolute Gasteiger partial charge is 0.288 e. The van der Waals surface area contributed by atoms with Crippen molar-refractivity contribution in [2.75, 3.05) is 0 Å². The van der Waals surface area contributed by atoms with Gasteiger partial charge in [-0.3, -0.25) is 9.36 Å². The number of nitrogens with zero attached hydrogens (tertiary/aromatic N) is 2. The first kappa shape index (κ1) is 18.8. The highest BCUT2D eigenvalue weighted by Gasteiger charge is 2.16. The number of aryl methyl sites for hydroxylation is 2. The Hall–Kier alpha value is -3.54. The Morgan fingerprint density at radius 2 is 1.62 bits per heavy atom. The van der Waals surface area contributed by atoms with E-state index < -0.39 is 22.9 Å². The minimum atomic E-state index is -0.619. The average molecular weight is 392 g/mol. The molecule has 0 N–H and O–H groups in total. The summed E-state index contributed by atoms with van der Waals surface area (Å²) in [6.45, 7) is 3.63. The first-order valence-corrected chi connectivity index (χ1v) is 9.13. The van der Waals surface area contributed by atoms with Crippen LogP contribution < -0.4 is 11.2 Å². The third kappa shape index (κ3) is 3.27. The molecule has 0 amide bonds. The predicted octanol–water partition coefficient (Wildman–Crippen LogP) is 4.10. The average Bonchev–Trinajstić information content (AvgIpc) is 2.70. The summed E-state index contributed by atoms with van der Waals surface area (Å²) in [7, 11) is 0. The van der Waals surface area contributed by atoms with Gasteiger partial charge < -0.3 is 0 Å². The van der Waals surface area contributed by atoms with Crippen LogP contribution in [0.15, 0.2) is 70.3 Å². The SMILES string of the molecule is Cc1ccc(-n2c(=O)c3ccccc3n(Cc3cc(F)ccc3F)c2=O)cc1C. The third-order valence-electron chi connectivity index (χ3n) is 5.14. The number of para-hydroxylation sites is 1. The molecule has 0 aliphatic rings. The van der Waals surface area contributed by atoms with E-state index in [1.54, 1.807) is 36.4 Å². The molecule has 4 nitrogen and oxygen atoms in total. The van der Waals surface area contributed by atoms with Crippen LogP contribution in [0.4, 0.5) is 8.78 Å². The Morgan fingerprint density at radius 1 is 0.862 bits per heavy atom. The fourth-order valence-corrected chi connectivity index (χ4v) is 3.40. The van der Waals surface area contributed by atoms with Gasteiger partial charge in [0, 0.05) is 5.56 Å². The Balaban J connectivity index is 2.04. The molecule has 0 unspecified atom stereocenters.